The maximum Gasteiger partial charge on any atom is 0.0503 e. The second-order valence-electron chi connectivity index (χ2n) is 3.24. The van der Waals surface area contributed by atoms with E-state index in [-0.39, 0.29) is 5.41 Å². The third-order valence-electron chi connectivity index (χ3n) is 2.05. The molecule has 1 rings (SSSR count). The van der Waals surface area contributed by atoms with Gasteiger partial charge in [-0.1, -0.05) is 50.7 Å². The lowest BCUT2D eigenvalue weighted by atomic mass is 9.82. The van der Waals surface area contributed by atoms with Crippen LogP contribution in [0, 0.1) is 17.3 Å². The molecule has 76 valence electrons. The van der Waals surface area contributed by atoms with E-state index >= 15 is 0 Å². The molecule has 1 unspecified atom stereocenters. The van der Waals surface area contributed by atoms with E-state index in [2.05, 4.69) is 43.6 Å². The zero-order chi connectivity index (χ0) is 11.0. The normalized spacial score (nSPS) is 23.6. The zero-order valence-electron chi connectivity index (χ0n) is 9.72. The van der Waals surface area contributed by atoms with E-state index in [0.717, 1.165) is 6.42 Å². The average molecular weight is 188 g/mol. The second-order valence-corrected chi connectivity index (χ2v) is 3.24. The van der Waals surface area contributed by atoms with Gasteiger partial charge in [0.2, 0.25) is 0 Å². The van der Waals surface area contributed by atoms with Crippen molar-refractivity contribution in [3.8, 4) is 11.8 Å². The Bertz CT molecular complexity index is 294. The molecule has 0 heterocycles. The lowest BCUT2D eigenvalue weighted by molar-refractivity contribution is 0.580. The third kappa shape index (κ3) is 3.66. The summed E-state index contributed by atoms with van der Waals surface area (Å²) in [4.78, 5) is 0. The maximum atomic E-state index is 3.72. The average Bonchev–Trinajstić information content (AvgIpc) is 2.22. The summed E-state index contributed by atoms with van der Waals surface area (Å²) < 4.78 is 0. The Balaban J connectivity index is 0.000000791. The fourth-order valence-corrected chi connectivity index (χ4v) is 1.28. The minimum atomic E-state index is 0.0429. The van der Waals surface area contributed by atoms with Crippen LogP contribution < -0.4 is 0 Å². The lowest BCUT2D eigenvalue weighted by Gasteiger charge is -2.20. The molecule has 0 fully saturated rings. The van der Waals surface area contributed by atoms with Crippen LogP contribution in [0.2, 0.25) is 0 Å². The molecule has 0 radical (unpaired) electrons. The Morgan fingerprint density at radius 1 is 1.50 bits per heavy atom. The largest absolute Gasteiger partial charge is 0.106 e. The van der Waals surface area contributed by atoms with Gasteiger partial charge in [0.25, 0.3) is 0 Å². The van der Waals surface area contributed by atoms with Gasteiger partial charge in [0.05, 0.1) is 5.41 Å². The lowest BCUT2D eigenvalue weighted by Crippen LogP contribution is -2.11. The number of hydrogen-bond acceptors (Lipinski definition) is 0. The molecule has 0 amide bonds. The Hall–Kier alpha value is -1.22. The van der Waals surface area contributed by atoms with Crippen molar-refractivity contribution in [1.29, 1.82) is 0 Å². The van der Waals surface area contributed by atoms with E-state index in [1.165, 1.54) is 5.57 Å². The first-order chi connectivity index (χ1) is 6.70. The summed E-state index contributed by atoms with van der Waals surface area (Å²) in [5.74, 6) is 6.14. The molecule has 1 aliphatic rings. The molecule has 0 nitrogen and oxygen atoms in total. The van der Waals surface area contributed by atoms with Crippen molar-refractivity contribution in [1.82, 2.24) is 0 Å². The number of rotatable bonds is 1. The molecule has 0 spiro atoms. The molecule has 0 aromatic heterocycles. The van der Waals surface area contributed by atoms with Crippen LogP contribution >= 0.6 is 0 Å². The molecule has 1 aliphatic carbocycles. The Labute approximate surface area is 88.4 Å². The molecule has 0 heteroatoms. The van der Waals surface area contributed by atoms with Gasteiger partial charge in [-0.15, -0.1) is 5.92 Å². The van der Waals surface area contributed by atoms with Crippen molar-refractivity contribution in [2.45, 2.75) is 34.1 Å². The molecular formula is C14H20. The van der Waals surface area contributed by atoms with Gasteiger partial charge < -0.3 is 0 Å². The first kappa shape index (κ1) is 12.8. The van der Waals surface area contributed by atoms with E-state index in [1.807, 2.05) is 26.8 Å². The zero-order valence-corrected chi connectivity index (χ0v) is 9.72. The van der Waals surface area contributed by atoms with Crippen LogP contribution in [-0.2, 0) is 0 Å². The first-order valence-electron chi connectivity index (χ1n) is 5.16. The second kappa shape index (κ2) is 6.27. The van der Waals surface area contributed by atoms with E-state index in [4.69, 9.17) is 0 Å². The smallest absolute Gasteiger partial charge is 0.0503 e. The summed E-state index contributed by atoms with van der Waals surface area (Å²) in [6.07, 6.45) is 9.28. The topological polar surface area (TPSA) is 0 Å². The van der Waals surface area contributed by atoms with Crippen molar-refractivity contribution in [2.75, 3.05) is 0 Å². The van der Waals surface area contributed by atoms with Crippen LogP contribution in [0.1, 0.15) is 34.1 Å². The van der Waals surface area contributed by atoms with Gasteiger partial charge in [-0.2, -0.15) is 0 Å². The summed E-state index contributed by atoms with van der Waals surface area (Å²) in [5.41, 5.74) is 1.24. The molecule has 0 aliphatic heterocycles. The molecule has 0 bridgehead atoms. The van der Waals surface area contributed by atoms with Crippen LogP contribution in [0.3, 0.4) is 0 Å². The standard InChI is InChI=1S/C12H14.C2H6/c1-4-8-12(3)9-6-11(5-2)7-10-12;1-2/h5-7,9H,2,10H2,1,3H3;1-2H3. The van der Waals surface area contributed by atoms with Crippen molar-refractivity contribution in [3.63, 3.8) is 0 Å². The van der Waals surface area contributed by atoms with Crippen LogP contribution in [0.5, 0.6) is 0 Å². The van der Waals surface area contributed by atoms with Gasteiger partial charge in [0, 0.05) is 0 Å². The van der Waals surface area contributed by atoms with Crippen LogP contribution in [-0.4, -0.2) is 0 Å². The predicted octanol–water partition coefficient (Wildman–Crippen LogP) is 4.11. The minimum Gasteiger partial charge on any atom is -0.106 e. The fourth-order valence-electron chi connectivity index (χ4n) is 1.28. The fraction of sp³-hybridized carbons (Fsp3) is 0.429. The predicted molar refractivity (Wildman–Crippen MR) is 64.9 cm³/mol. The summed E-state index contributed by atoms with van der Waals surface area (Å²) >= 11 is 0. The highest BCUT2D eigenvalue weighted by atomic mass is 14.2. The van der Waals surface area contributed by atoms with Crippen LogP contribution in [0.25, 0.3) is 0 Å². The van der Waals surface area contributed by atoms with Crippen molar-refractivity contribution in [3.05, 3.63) is 36.5 Å². The summed E-state index contributed by atoms with van der Waals surface area (Å²) in [6, 6.07) is 0. The van der Waals surface area contributed by atoms with Gasteiger partial charge in [-0.25, -0.2) is 0 Å². The Kier molecular flexibility index (Phi) is 5.72. The maximum absolute atomic E-state index is 3.72. The Morgan fingerprint density at radius 2 is 2.14 bits per heavy atom. The van der Waals surface area contributed by atoms with Crippen LogP contribution in [0.4, 0.5) is 0 Å². The van der Waals surface area contributed by atoms with Gasteiger partial charge >= 0.3 is 0 Å². The van der Waals surface area contributed by atoms with Crippen molar-refractivity contribution >= 4 is 0 Å². The minimum absolute atomic E-state index is 0.0429. The molecule has 0 aromatic rings. The molecule has 0 saturated carbocycles. The Morgan fingerprint density at radius 3 is 2.50 bits per heavy atom. The van der Waals surface area contributed by atoms with E-state index in [0.29, 0.717) is 0 Å². The third-order valence-corrected chi connectivity index (χ3v) is 2.05. The highest BCUT2D eigenvalue weighted by Crippen LogP contribution is 2.28. The van der Waals surface area contributed by atoms with Gasteiger partial charge in [0.15, 0.2) is 0 Å². The van der Waals surface area contributed by atoms with E-state index in [1.54, 1.807) is 0 Å². The highest BCUT2D eigenvalue weighted by molar-refractivity contribution is 5.37. The molecule has 0 aromatic carbocycles. The molecule has 0 N–H and O–H groups in total. The quantitative estimate of drug-likeness (QED) is 0.543. The number of hydrogen-bond donors (Lipinski definition) is 0. The van der Waals surface area contributed by atoms with E-state index < -0.39 is 0 Å². The van der Waals surface area contributed by atoms with Gasteiger partial charge in [-0.3, -0.25) is 0 Å². The van der Waals surface area contributed by atoms with Gasteiger partial charge in [-0.05, 0) is 25.8 Å². The highest BCUT2D eigenvalue weighted by Gasteiger charge is 2.18. The van der Waals surface area contributed by atoms with Crippen molar-refractivity contribution in [2.24, 2.45) is 5.41 Å². The molecule has 0 saturated heterocycles. The van der Waals surface area contributed by atoms with Crippen molar-refractivity contribution < 1.29 is 0 Å². The van der Waals surface area contributed by atoms with Crippen LogP contribution in [0.15, 0.2) is 36.5 Å². The van der Waals surface area contributed by atoms with Gasteiger partial charge in [0.1, 0.15) is 0 Å². The first-order valence-corrected chi connectivity index (χ1v) is 5.16. The van der Waals surface area contributed by atoms with E-state index in [9.17, 15) is 0 Å². The SMILES string of the molecule is C=CC1=CCC(C)(C#CC)C=C1.CC. The molecule has 1 atom stereocenters. The molecular weight excluding hydrogens is 168 g/mol. The molecule has 14 heavy (non-hydrogen) atoms. The summed E-state index contributed by atoms with van der Waals surface area (Å²) in [5, 5.41) is 0. The summed E-state index contributed by atoms with van der Waals surface area (Å²) in [6.45, 7) is 11.8. The summed E-state index contributed by atoms with van der Waals surface area (Å²) in [7, 11) is 0. The monoisotopic (exact) mass is 188 g/mol. The number of allylic oxidation sites excluding steroid dienone is 5.